The molecule has 406 valence electrons. The summed E-state index contributed by atoms with van der Waals surface area (Å²) in [5, 5.41) is 109. The van der Waals surface area contributed by atoms with E-state index in [0.29, 0.717) is 11.1 Å². The Bertz CT molecular complexity index is 2030. The maximum Gasteiger partial charge on any atom is 0.252 e. The van der Waals surface area contributed by atoms with Gasteiger partial charge in [-0.15, -0.1) is 0 Å². The third-order valence-corrected chi connectivity index (χ3v) is 11.7. The van der Waals surface area contributed by atoms with Gasteiger partial charge in [-0.2, -0.15) is 0 Å². The van der Waals surface area contributed by atoms with Crippen LogP contribution in [0.25, 0.3) is 0 Å². The van der Waals surface area contributed by atoms with Gasteiger partial charge in [-0.25, -0.2) is 0 Å². The van der Waals surface area contributed by atoms with Gasteiger partial charge in [0.1, 0.15) is 0 Å². The number of aliphatic hydroxyl groups is 10. The molecule has 0 saturated carbocycles. The number of benzene rings is 2. The number of hydrogen-bond donors (Lipinski definition) is 14. The Morgan fingerprint density at radius 1 is 0.444 bits per heavy atom. The smallest absolute Gasteiger partial charge is 0.252 e. The summed E-state index contributed by atoms with van der Waals surface area (Å²) < 4.78 is 11.3. The van der Waals surface area contributed by atoms with Gasteiger partial charge in [0, 0.05) is 62.3 Å². The normalized spacial score (nSPS) is 13.9. The molecule has 2 aromatic rings. The van der Waals surface area contributed by atoms with E-state index < -0.39 is 98.5 Å². The average molecular weight is 1030 g/mol. The minimum atomic E-state index is -1.34. The summed E-state index contributed by atoms with van der Waals surface area (Å²) in [5.41, 5.74) is 1.87. The summed E-state index contributed by atoms with van der Waals surface area (Å²) in [6, 6.07) is 0. The van der Waals surface area contributed by atoms with E-state index in [9.17, 15) is 79.8 Å². The van der Waals surface area contributed by atoms with E-state index in [0.717, 1.165) is 0 Å². The largest absolute Gasteiger partial charge is 0.394 e. The molecule has 0 radical (unpaired) electrons. The summed E-state index contributed by atoms with van der Waals surface area (Å²) in [6.45, 7) is 6.44. The van der Waals surface area contributed by atoms with Crippen LogP contribution in [0.1, 0.15) is 103 Å². The molecule has 14 N–H and O–H groups in total. The lowest BCUT2D eigenvalue weighted by atomic mass is 9.87. The number of anilines is 2. The van der Waals surface area contributed by atoms with E-state index in [1.807, 2.05) is 0 Å². The molecule has 6 amide bonds. The highest BCUT2D eigenvalue weighted by molar-refractivity contribution is 6.09. The minimum Gasteiger partial charge on any atom is -0.394 e. The molecule has 2 aromatic carbocycles. The Labute approximate surface area is 418 Å². The van der Waals surface area contributed by atoms with Gasteiger partial charge in [0.05, 0.1) is 114 Å². The zero-order chi connectivity index (χ0) is 54.6. The zero-order valence-electron chi connectivity index (χ0n) is 42.4. The monoisotopic (exact) mass is 1020 g/mol. The van der Waals surface area contributed by atoms with E-state index in [1.54, 1.807) is 27.7 Å². The van der Waals surface area contributed by atoms with E-state index in [-0.39, 0.29) is 134 Å². The number of rotatable bonds is 31. The topological polar surface area (TPSA) is 378 Å². The summed E-state index contributed by atoms with van der Waals surface area (Å²) in [6.07, 6.45) is -7.52. The fraction of sp³-hybridized carbons (Fsp3) is 0.625. The molecule has 24 heteroatoms. The van der Waals surface area contributed by atoms with Gasteiger partial charge < -0.3 is 91.6 Å². The number of aliphatic hydroxyl groups excluding tert-OH is 10. The number of carbonyl (C=O) groups is 6. The summed E-state index contributed by atoms with van der Waals surface area (Å²) in [5.74, 6) is -4.04. The molecule has 0 bridgehead atoms. The fourth-order valence-electron chi connectivity index (χ4n) is 8.20. The van der Waals surface area contributed by atoms with E-state index >= 15 is 0 Å². The van der Waals surface area contributed by atoms with Crippen molar-refractivity contribution in [1.29, 1.82) is 0 Å². The van der Waals surface area contributed by atoms with E-state index in [4.69, 9.17) is 9.47 Å². The molecule has 0 saturated heterocycles. The first-order valence-electron chi connectivity index (χ1n) is 23.7. The lowest BCUT2D eigenvalue weighted by Gasteiger charge is -2.31. The van der Waals surface area contributed by atoms with Crippen molar-refractivity contribution in [2.75, 3.05) is 102 Å². The van der Waals surface area contributed by atoms with Crippen LogP contribution in [0.2, 0.25) is 0 Å². The molecule has 0 aliphatic carbocycles. The van der Waals surface area contributed by atoms with Crippen LogP contribution in [0.4, 0.5) is 11.4 Å². The molecular weight excluding hydrogens is 949 g/mol. The van der Waals surface area contributed by atoms with Crippen LogP contribution in [0, 0.1) is 27.7 Å². The first kappa shape index (κ1) is 62.9. The van der Waals surface area contributed by atoms with Crippen LogP contribution in [0.3, 0.4) is 0 Å². The first-order valence-corrected chi connectivity index (χ1v) is 23.7. The maximum atomic E-state index is 13.7. The van der Waals surface area contributed by atoms with Gasteiger partial charge in [0.2, 0.25) is 11.8 Å². The van der Waals surface area contributed by atoms with Gasteiger partial charge in [-0.3, -0.25) is 28.8 Å². The molecule has 6 unspecified atom stereocenters. The zero-order valence-corrected chi connectivity index (χ0v) is 42.4. The fourth-order valence-corrected chi connectivity index (χ4v) is 8.20. The maximum absolute atomic E-state index is 13.7. The van der Waals surface area contributed by atoms with Crippen molar-refractivity contribution in [3.63, 3.8) is 0 Å². The van der Waals surface area contributed by atoms with Gasteiger partial charge in [-0.05, 0) is 73.9 Å². The predicted octanol–water partition coefficient (Wildman–Crippen LogP) is -3.46. The van der Waals surface area contributed by atoms with Crippen LogP contribution < -0.4 is 31.1 Å². The quantitative estimate of drug-likeness (QED) is 0.0326. The van der Waals surface area contributed by atoms with E-state index in [1.165, 1.54) is 37.5 Å². The second-order valence-electron chi connectivity index (χ2n) is 17.3. The van der Waals surface area contributed by atoms with Crippen LogP contribution in [0.15, 0.2) is 0 Å². The Morgan fingerprint density at radius 2 is 0.708 bits per heavy atom. The average Bonchev–Trinajstić information content (AvgIpc) is 3.34. The third-order valence-electron chi connectivity index (χ3n) is 11.7. The second kappa shape index (κ2) is 30.7. The van der Waals surface area contributed by atoms with E-state index in [2.05, 4.69) is 21.3 Å². The van der Waals surface area contributed by atoms with Crippen LogP contribution in [-0.4, -0.2) is 215 Å². The molecule has 0 aliphatic heterocycles. The Kier molecular flexibility index (Phi) is 26.8. The predicted molar refractivity (Wildman–Crippen MR) is 262 cm³/mol. The van der Waals surface area contributed by atoms with Crippen molar-refractivity contribution in [3.8, 4) is 0 Å². The van der Waals surface area contributed by atoms with Crippen molar-refractivity contribution in [2.45, 2.75) is 105 Å². The number of nitrogens with one attached hydrogen (secondary N) is 4. The standard InChI is InChI=1S/C48H76N6O18/c1-9-37-41(47(69)51-15-33(63)21-57)25(3)39(45(67)49-13-31(61)19-55)27(5)43(37)53(29(7)59)17-35(65)23-71-11-12-72-24-36(66)18-54(30(8)60)44-28(6)40(46(68)50-14-32(62)20-56)26(4)42(38(44)10-2)48(70)52-16-34(64)22-58/h31-36,55-58,61-66H,9-24H2,1-8H3,(H,49,67)(H,50,68)(H,51,69)(H,52,70). The highest BCUT2D eigenvalue weighted by Crippen LogP contribution is 2.37. The molecule has 0 fully saturated rings. The third kappa shape index (κ3) is 17.2. The lowest BCUT2D eigenvalue weighted by Crippen LogP contribution is -2.41. The number of carbonyl (C=O) groups excluding carboxylic acids is 6. The number of hydrogen-bond acceptors (Lipinski definition) is 18. The SMILES string of the molecule is CCc1c(C(=O)NCC(O)CO)c(C)c(C(=O)NCC(O)CO)c(C)c1N(CC(O)COCCOCC(O)CN(C(C)=O)c1c(C)c(C(=O)NCC(O)CO)c(C)c(C(=O)NCC(O)CO)c1CC)C(C)=O. The van der Waals surface area contributed by atoms with Crippen LogP contribution in [0.5, 0.6) is 0 Å². The molecule has 6 atom stereocenters. The van der Waals surface area contributed by atoms with Crippen molar-refractivity contribution >= 4 is 46.8 Å². The number of nitrogens with zero attached hydrogens (tertiary/aromatic N) is 2. The molecule has 72 heavy (non-hydrogen) atoms. The number of ether oxygens (including phenoxy) is 2. The van der Waals surface area contributed by atoms with Gasteiger partial charge in [0.25, 0.3) is 23.6 Å². The summed E-state index contributed by atoms with van der Waals surface area (Å²) in [7, 11) is 0. The molecule has 0 aliphatic rings. The Hall–Kier alpha value is -5.22. The summed E-state index contributed by atoms with van der Waals surface area (Å²) in [4.78, 5) is 83.7. The van der Waals surface area contributed by atoms with Crippen LogP contribution >= 0.6 is 0 Å². The van der Waals surface area contributed by atoms with Crippen molar-refractivity contribution in [2.24, 2.45) is 0 Å². The highest BCUT2D eigenvalue weighted by Gasteiger charge is 2.33. The summed E-state index contributed by atoms with van der Waals surface area (Å²) >= 11 is 0. The molecule has 2 rings (SSSR count). The lowest BCUT2D eigenvalue weighted by molar-refractivity contribution is -0.118. The first-order chi connectivity index (χ1) is 34.0. The minimum absolute atomic E-state index is 0.00612. The molecule has 24 nitrogen and oxygen atoms in total. The Morgan fingerprint density at radius 3 is 0.944 bits per heavy atom. The highest BCUT2D eigenvalue weighted by atomic mass is 16.5. The van der Waals surface area contributed by atoms with Gasteiger partial charge in [0.15, 0.2) is 0 Å². The molecule has 0 aromatic heterocycles. The second-order valence-corrected chi connectivity index (χ2v) is 17.3. The van der Waals surface area contributed by atoms with Crippen LogP contribution in [-0.2, 0) is 31.9 Å². The van der Waals surface area contributed by atoms with Crippen molar-refractivity contribution in [1.82, 2.24) is 21.3 Å². The van der Waals surface area contributed by atoms with Crippen molar-refractivity contribution in [3.05, 3.63) is 55.6 Å². The Balaban J connectivity index is 2.35. The molecule has 0 spiro atoms. The van der Waals surface area contributed by atoms with Gasteiger partial charge in [-0.1, -0.05) is 13.8 Å². The molecule has 0 heterocycles. The molecular formula is C48H76N6O18. The number of amides is 6. The van der Waals surface area contributed by atoms with Gasteiger partial charge >= 0.3 is 0 Å². The van der Waals surface area contributed by atoms with Crippen molar-refractivity contribution < 1.29 is 89.3 Å².